The van der Waals surface area contributed by atoms with Crippen LogP contribution in [0, 0.1) is 16.0 Å². The Morgan fingerprint density at radius 1 is 1.17 bits per heavy atom. The number of nitro groups is 1. The second kappa shape index (κ2) is 7.97. The third-order valence-corrected chi connectivity index (χ3v) is 4.48. The van der Waals surface area contributed by atoms with Crippen LogP contribution in [-0.2, 0) is 0 Å². The third kappa shape index (κ3) is 4.14. The van der Waals surface area contributed by atoms with Gasteiger partial charge in [0.2, 0.25) is 0 Å². The molecule has 5 nitrogen and oxygen atoms in total. The van der Waals surface area contributed by atoms with E-state index >= 15 is 0 Å². The molecule has 0 heterocycles. The molecular weight excluding hydrogens is 324 g/mol. The van der Waals surface area contributed by atoms with Crippen LogP contribution in [0.5, 0.6) is 0 Å². The lowest BCUT2D eigenvalue weighted by Gasteiger charge is -2.23. The first kappa shape index (κ1) is 18.0. The van der Waals surface area contributed by atoms with Gasteiger partial charge in [0.25, 0.3) is 11.6 Å². The van der Waals surface area contributed by atoms with Crippen LogP contribution in [-0.4, -0.2) is 17.1 Å². The van der Waals surface area contributed by atoms with E-state index in [4.69, 9.17) is 0 Å². The van der Waals surface area contributed by atoms with Gasteiger partial charge in [0, 0.05) is 11.0 Å². The molecule has 0 aliphatic heterocycles. The van der Waals surface area contributed by atoms with Crippen LogP contribution in [0.1, 0.15) is 35.8 Å². The maximum atomic E-state index is 12.7. The summed E-state index contributed by atoms with van der Waals surface area (Å²) in [4.78, 5) is 24.2. The van der Waals surface area contributed by atoms with Gasteiger partial charge in [-0.1, -0.05) is 44.2 Å². The zero-order valence-electron chi connectivity index (χ0n) is 13.9. The molecule has 0 radical (unpaired) electrons. The number of hydrogen-bond donors (Lipinski definition) is 1. The first-order valence-corrected chi connectivity index (χ1v) is 8.84. The molecule has 2 rings (SSSR count). The molecule has 0 spiro atoms. The van der Waals surface area contributed by atoms with E-state index in [-0.39, 0.29) is 23.2 Å². The molecule has 0 saturated heterocycles. The fourth-order valence-corrected chi connectivity index (χ4v) is 2.94. The summed E-state index contributed by atoms with van der Waals surface area (Å²) >= 11 is 1.44. The fraction of sp³-hybridized carbons (Fsp3) is 0.278. The number of nitrogens with one attached hydrogen (secondary N) is 1. The van der Waals surface area contributed by atoms with Gasteiger partial charge in [-0.05, 0) is 29.9 Å². The summed E-state index contributed by atoms with van der Waals surface area (Å²) in [5.74, 6) is -0.278. The SMILES string of the molecule is CSc1ccc([N+](=O)[O-])c(C(=O)NC(c2ccccc2)C(C)C)c1. The number of amides is 1. The Labute approximate surface area is 145 Å². The van der Waals surface area contributed by atoms with E-state index in [1.54, 1.807) is 12.1 Å². The van der Waals surface area contributed by atoms with Crippen LogP contribution in [0.4, 0.5) is 5.69 Å². The van der Waals surface area contributed by atoms with Crippen molar-refractivity contribution in [1.82, 2.24) is 5.32 Å². The van der Waals surface area contributed by atoms with Crippen molar-refractivity contribution in [2.75, 3.05) is 6.26 Å². The van der Waals surface area contributed by atoms with Crippen LogP contribution in [0.25, 0.3) is 0 Å². The minimum absolute atomic E-state index is 0.0911. The van der Waals surface area contributed by atoms with Gasteiger partial charge >= 0.3 is 0 Å². The monoisotopic (exact) mass is 344 g/mol. The second-order valence-corrected chi connectivity index (χ2v) is 6.63. The van der Waals surface area contributed by atoms with Gasteiger partial charge in [0.15, 0.2) is 0 Å². The van der Waals surface area contributed by atoms with E-state index in [0.717, 1.165) is 10.5 Å². The standard InChI is InChI=1S/C18H20N2O3S/c1-12(2)17(13-7-5-4-6-8-13)19-18(21)15-11-14(24-3)9-10-16(15)20(22)23/h4-12,17H,1-3H3,(H,19,21). The molecular formula is C18H20N2O3S. The molecule has 0 bridgehead atoms. The zero-order chi connectivity index (χ0) is 17.7. The molecule has 2 aromatic rings. The Balaban J connectivity index is 2.35. The van der Waals surface area contributed by atoms with Crippen molar-refractivity contribution in [3.05, 3.63) is 69.8 Å². The molecule has 0 fully saturated rings. The number of carbonyl (C=O) groups is 1. The third-order valence-electron chi connectivity index (χ3n) is 3.76. The van der Waals surface area contributed by atoms with E-state index in [2.05, 4.69) is 5.32 Å². The Morgan fingerprint density at radius 2 is 1.83 bits per heavy atom. The Bertz CT molecular complexity index is 732. The molecule has 0 aromatic heterocycles. The summed E-state index contributed by atoms with van der Waals surface area (Å²) in [6, 6.07) is 14.0. The van der Waals surface area contributed by atoms with Crippen molar-refractivity contribution in [3.63, 3.8) is 0 Å². The van der Waals surface area contributed by atoms with Crippen molar-refractivity contribution >= 4 is 23.4 Å². The maximum Gasteiger partial charge on any atom is 0.282 e. The molecule has 1 atom stereocenters. The number of nitrogens with zero attached hydrogens (tertiary/aromatic N) is 1. The summed E-state index contributed by atoms with van der Waals surface area (Å²) < 4.78 is 0. The first-order chi connectivity index (χ1) is 11.4. The summed E-state index contributed by atoms with van der Waals surface area (Å²) in [6.07, 6.45) is 1.86. The van der Waals surface area contributed by atoms with E-state index < -0.39 is 10.8 Å². The summed E-state index contributed by atoms with van der Waals surface area (Å²) in [5.41, 5.74) is 0.888. The molecule has 0 aliphatic carbocycles. The van der Waals surface area contributed by atoms with Crippen LogP contribution >= 0.6 is 11.8 Å². The van der Waals surface area contributed by atoms with Crippen LogP contribution in [0.3, 0.4) is 0 Å². The lowest BCUT2D eigenvalue weighted by atomic mass is 9.95. The highest BCUT2D eigenvalue weighted by atomic mass is 32.2. The number of carbonyl (C=O) groups excluding carboxylic acids is 1. The van der Waals surface area contributed by atoms with Crippen LogP contribution in [0.15, 0.2) is 53.4 Å². The van der Waals surface area contributed by atoms with Gasteiger partial charge < -0.3 is 5.32 Å². The van der Waals surface area contributed by atoms with Crippen molar-refractivity contribution < 1.29 is 9.72 Å². The average molecular weight is 344 g/mol. The molecule has 1 unspecified atom stereocenters. The largest absolute Gasteiger partial charge is 0.345 e. The number of nitro benzene ring substituents is 1. The van der Waals surface area contributed by atoms with Crippen LogP contribution < -0.4 is 5.32 Å². The quantitative estimate of drug-likeness (QED) is 0.477. The number of rotatable bonds is 6. The predicted molar refractivity (Wildman–Crippen MR) is 96.4 cm³/mol. The van der Waals surface area contributed by atoms with Gasteiger partial charge in [-0.15, -0.1) is 11.8 Å². The highest BCUT2D eigenvalue weighted by molar-refractivity contribution is 7.98. The van der Waals surface area contributed by atoms with Gasteiger partial charge in [-0.25, -0.2) is 0 Å². The molecule has 24 heavy (non-hydrogen) atoms. The van der Waals surface area contributed by atoms with Crippen LogP contribution in [0.2, 0.25) is 0 Å². The zero-order valence-corrected chi connectivity index (χ0v) is 14.7. The lowest BCUT2D eigenvalue weighted by Crippen LogP contribution is -2.32. The average Bonchev–Trinajstić information content (AvgIpc) is 2.59. The summed E-state index contributed by atoms with van der Waals surface area (Å²) in [5, 5.41) is 14.2. The number of thioether (sulfide) groups is 1. The predicted octanol–water partition coefficient (Wildman–Crippen LogP) is 4.44. The first-order valence-electron chi connectivity index (χ1n) is 7.62. The van der Waals surface area contributed by atoms with Gasteiger partial charge in [0.05, 0.1) is 11.0 Å². The van der Waals surface area contributed by atoms with E-state index in [0.29, 0.717) is 0 Å². The fourth-order valence-electron chi connectivity index (χ4n) is 2.50. The Hall–Kier alpha value is -2.34. The normalized spacial score (nSPS) is 12.0. The number of hydrogen-bond acceptors (Lipinski definition) is 4. The van der Waals surface area contributed by atoms with Crippen molar-refractivity contribution in [2.24, 2.45) is 5.92 Å². The van der Waals surface area contributed by atoms with Crippen molar-refractivity contribution in [1.29, 1.82) is 0 Å². The number of benzene rings is 2. The highest BCUT2D eigenvalue weighted by Crippen LogP contribution is 2.27. The van der Waals surface area contributed by atoms with Crippen molar-refractivity contribution in [3.8, 4) is 0 Å². The minimum Gasteiger partial charge on any atom is -0.345 e. The smallest absolute Gasteiger partial charge is 0.282 e. The molecule has 0 aliphatic rings. The minimum atomic E-state index is -0.522. The maximum absolute atomic E-state index is 12.7. The molecule has 2 aromatic carbocycles. The summed E-state index contributed by atoms with van der Waals surface area (Å²) in [7, 11) is 0. The van der Waals surface area contributed by atoms with Crippen molar-refractivity contribution in [2.45, 2.75) is 24.8 Å². The van der Waals surface area contributed by atoms with E-state index in [1.165, 1.54) is 17.8 Å². The molecule has 1 N–H and O–H groups in total. The molecule has 126 valence electrons. The second-order valence-electron chi connectivity index (χ2n) is 5.75. The van der Waals surface area contributed by atoms with Gasteiger partial charge in [-0.2, -0.15) is 0 Å². The van der Waals surface area contributed by atoms with Gasteiger partial charge in [-0.3, -0.25) is 14.9 Å². The highest BCUT2D eigenvalue weighted by Gasteiger charge is 2.24. The molecule has 1 amide bonds. The van der Waals surface area contributed by atoms with E-state index in [9.17, 15) is 14.9 Å². The molecule has 0 saturated carbocycles. The Morgan fingerprint density at radius 3 is 2.38 bits per heavy atom. The topological polar surface area (TPSA) is 72.2 Å². The molecule has 6 heteroatoms. The summed E-state index contributed by atoms with van der Waals surface area (Å²) in [6.45, 7) is 4.01. The lowest BCUT2D eigenvalue weighted by molar-refractivity contribution is -0.385. The van der Waals surface area contributed by atoms with E-state index in [1.807, 2.05) is 50.4 Å². The Kier molecular flexibility index (Phi) is 5.98. The van der Waals surface area contributed by atoms with Gasteiger partial charge in [0.1, 0.15) is 5.56 Å².